The molecule has 2 N–H and O–H groups in total. The minimum Gasteiger partial charge on any atom is -0.384 e. The molecular weight excluding hydrogens is 503 g/mol. The molecule has 0 bridgehead atoms. The number of piperidine rings is 1. The van der Waals surface area contributed by atoms with E-state index < -0.39 is 23.0 Å². The molecule has 0 spiro atoms. The molecule has 1 heterocycles. The van der Waals surface area contributed by atoms with Gasteiger partial charge in [-0.1, -0.05) is 81.8 Å². The van der Waals surface area contributed by atoms with Gasteiger partial charge >= 0.3 is 0 Å². The molecule has 3 aromatic carbocycles. The standard InChI is InChI=1S/C31H34ClFN2O3/c1-20(2)27(34-28(36)22-9-7-8-21(18-22)25-10-5-6-11-26(25)33)29(37)35-17-16-31(38,30(3,4)19-35)23-12-14-24(32)15-13-23/h5-15,18,20,27,38H,16-17,19H2,1-4H3,(H,34,36)/t27-,31+/m1/s1. The van der Waals surface area contributed by atoms with Crippen molar-refractivity contribution >= 4 is 23.4 Å². The number of likely N-dealkylation sites (tertiary alicyclic amines) is 1. The lowest BCUT2D eigenvalue weighted by Crippen LogP contribution is -2.60. The fourth-order valence-corrected chi connectivity index (χ4v) is 5.36. The molecule has 4 rings (SSSR count). The van der Waals surface area contributed by atoms with Gasteiger partial charge in [0.1, 0.15) is 11.9 Å². The highest BCUT2D eigenvalue weighted by Crippen LogP contribution is 2.46. The minimum absolute atomic E-state index is 0.165. The first kappa shape index (κ1) is 27.8. The number of amides is 2. The summed E-state index contributed by atoms with van der Waals surface area (Å²) in [5, 5.41) is 15.2. The van der Waals surface area contributed by atoms with Crippen LogP contribution in [0.5, 0.6) is 0 Å². The Morgan fingerprint density at radius 1 is 1.03 bits per heavy atom. The number of benzene rings is 3. The van der Waals surface area contributed by atoms with Crippen molar-refractivity contribution in [3.05, 3.63) is 94.8 Å². The maximum absolute atomic E-state index is 14.3. The molecular formula is C31H34ClFN2O3. The number of nitrogens with one attached hydrogen (secondary N) is 1. The first-order valence-corrected chi connectivity index (χ1v) is 13.2. The average molecular weight is 537 g/mol. The van der Waals surface area contributed by atoms with Crippen LogP contribution in [-0.4, -0.2) is 41.0 Å². The smallest absolute Gasteiger partial charge is 0.251 e. The molecule has 5 nitrogen and oxygen atoms in total. The summed E-state index contributed by atoms with van der Waals surface area (Å²) in [7, 11) is 0. The van der Waals surface area contributed by atoms with E-state index in [1.165, 1.54) is 6.07 Å². The van der Waals surface area contributed by atoms with E-state index in [0.717, 1.165) is 5.56 Å². The van der Waals surface area contributed by atoms with Crippen molar-refractivity contribution in [2.24, 2.45) is 11.3 Å². The highest BCUT2D eigenvalue weighted by atomic mass is 35.5. The molecule has 2 atom stereocenters. The molecule has 200 valence electrons. The highest BCUT2D eigenvalue weighted by Gasteiger charge is 2.50. The molecule has 38 heavy (non-hydrogen) atoms. The Labute approximate surface area is 228 Å². The van der Waals surface area contributed by atoms with Crippen molar-refractivity contribution in [1.29, 1.82) is 0 Å². The van der Waals surface area contributed by atoms with Crippen molar-refractivity contribution in [2.45, 2.75) is 45.8 Å². The molecule has 1 saturated heterocycles. The van der Waals surface area contributed by atoms with E-state index in [9.17, 15) is 19.1 Å². The number of carbonyl (C=O) groups is 2. The largest absolute Gasteiger partial charge is 0.384 e. The van der Waals surface area contributed by atoms with Gasteiger partial charge in [-0.2, -0.15) is 0 Å². The number of hydrogen-bond acceptors (Lipinski definition) is 3. The number of carbonyl (C=O) groups excluding carboxylic acids is 2. The van der Waals surface area contributed by atoms with Crippen LogP contribution in [0.2, 0.25) is 5.02 Å². The van der Waals surface area contributed by atoms with E-state index >= 15 is 0 Å². The van der Waals surface area contributed by atoms with E-state index in [4.69, 9.17) is 11.6 Å². The molecule has 1 fully saturated rings. The second-order valence-corrected chi connectivity index (χ2v) is 11.5. The monoisotopic (exact) mass is 536 g/mol. The van der Waals surface area contributed by atoms with Gasteiger partial charge in [-0.05, 0) is 53.8 Å². The van der Waals surface area contributed by atoms with Crippen LogP contribution in [0.1, 0.15) is 50.0 Å². The summed E-state index contributed by atoms with van der Waals surface area (Å²) < 4.78 is 14.3. The van der Waals surface area contributed by atoms with Gasteiger partial charge in [-0.3, -0.25) is 9.59 Å². The number of rotatable bonds is 6. The van der Waals surface area contributed by atoms with E-state index in [1.54, 1.807) is 59.5 Å². The lowest BCUT2D eigenvalue weighted by molar-refractivity contribution is -0.155. The third kappa shape index (κ3) is 5.47. The third-order valence-electron chi connectivity index (χ3n) is 7.61. The molecule has 0 aromatic heterocycles. The van der Waals surface area contributed by atoms with Gasteiger partial charge in [0.15, 0.2) is 0 Å². The first-order chi connectivity index (χ1) is 17.9. The second-order valence-electron chi connectivity index (χ2n) is 11.0. The fraction of sp³-hybridized carbons (Fsp3) is 0.355. The number of hydrogen-bond donors (Lipinski definition) is 2. The topological polar surface area (TPSA) is 69.6 Å². The van der Waals surface area contributed by atoms with E-state index in [-0.39, 0.29) is 17.6 Å². The number of nitrogens with zero attached hydrogens (tertiary/aromatic N) is 1. The van der Waals surface area contributed by atoms with Gasteiger partial charge in [-0.25, -0.2) is 4.39 Å². The maximum atomic E-state index is 14.3. The highest BCUT2D eigenvalue weighted by molar-refractivity contribution is 6.30. The van der Waals surface area contributed by atoms with Crippen molar-refractivity contribution in [2.75, 3.05) is 13.1 Å². The Hall–Kier alpha value is -3.22. The molecule has 3 aromatic rings. The molecule has 0 unspecified atom stereocenters. The SMILES string of the molecule is CC(C)[C@@H](NC(=O)c1cccc(-c2ccccc2F)c1)C(=O)N1CC[C@](O)(c2ccc(Cl)cc2)C(C)(C)C1. The van der Waals surface area contributed by atoms with Crippen molar-refractivity contribution in [3.63, 3.8) is 0 Å². The van der Waals surface area contributed by atoms with Crippen LogP contribution in [0, 0.1) is 17.2 Å². The summed E-state index contributed by atoms with van der Waals surface area (Å²) in [6, 6.07) is 19.6. The molecule has 1 aliphatic rings. The predicted octanol–water partition coefficient (Wildman–Crippen LogP) is 6.05. The van der Waals surface area contributed by atoms with E-state index in [2.05, 4.69) is 5.32 Å². The van der Waals surface area contributed by atoms with Crippen LogP contribution in [0.4, 0.5) is 4.39 Å². The second kappa shape index (κ2) is 10.9. The Balaban J connectivity index is 1.51. The molecule has 7 heteroatoms. The maximum Gasteiger partial charge on any atom is 0.251 e. The van der Waals surface area contributed by atoms with Crippen molar-refractivity contribution in [3.8, 4) is 11.1 Å². The van der Waals surface area contributed by atoms with Crippen LogP contribution in [0.25, 0.3) is 11.1 Å². The Morgan fingerprint density at radius 2 is 1.71 bits per heavy atom. The summed E-state index contributed by atoms with van der Waals surface area (Å²) in [5.74, 6) is -1.12. The van der Waals surface area contributed by atoms with Crippen molar-refractivity contribution in [1.82, 2.24) is 10.2 Å². The van der Waals surface area contributed by atoms with Gasteiger partial charge in [-0.15, -0.1) is 0 Å². The Morgan fingerprint density at radius 3 is 2.34 bits per heavy atom. The van der Waals surface area contributed by atoms with Crippen molar-refractivity contribution < 1.29 is 19.1 Å². The zero-order valence-electron chi connectivity index (χ0n) is 22.2. The molecule has 2 amide bonds. The van der Waals surface area contributed by atoms with Gasteiger partial charge < -0.3 is 15.3 Å². The number of halogens is 2. The predicted molar refractivity (Wildman–Crippen MR) is 148 cm³/mol. The van der Waals surface area contributed by atoms with E-state index in [0.29, 0.717) is 41.2 Å². The average Bonchev–Trinajstić information content (AvgIpc) is 2.89. The van der Waals surface area contributed by atoms with Crippen LogP contribution >= 0.6 is 11.6 Å². The van der Waals surface area contributed by atoms with Crippen LogP contribution in [0.3, 0.4) is 0 Å². The summed E-state index contributed by atoms with van der Waals surface area (Å²) in [6.07, 6.45) is 0.358. The van der Waals surface area contributed by atoms with Crippen LogP contribution in [0.15, 0.2) is 72.8 Å². The summed E-state index contributed by atoms with van der Waals surface area (Å²) in [6.45, 7) is 8.34. The normalized spacial score (nSPS) is 19.7. The minimum atomic E-state index is -1.13. The summed E-state index contributed by atoms with van der Waals surface area (Å²) in [5.41, 5.74) is 0.333. The summed E-state index contributed by atoms with van der Waals surface area (Å²) in [4.78, 5) is 28.6. The van der Waals surface area contributed by atoms with Gasteiger partial charge in [0.2, 0.25) is 5.91 Å². The lowest BCUT2D eigenvalue weighted by Gasteiger charge is -2.51. The fourth-order valence-electron chi connectivity index (χ4n) is 5.23. The molecule has 0 radical (unpaired) electrons. The zero-order chi connectivity index (χ0) is 27.7. The van der Waals surface area contributed by atoms with Gasteiger partial charge in [0.25, 0.3) is 5.91 Å². The van der Waals surface area contributed by atoms with Crippen LogP contribution < -0.4 is 5.32 Å². The molecule has 0 aliphatic carbocycles. The van der Waals surface area contributed by atoms with Gasteiger partial charge in [0.05, 0.1) is 5.60 Å². The molecule has 1 aliphatic heterocycles. The van der Waals surface area contributed by atoms with E-state index in [1.807, 2.05) is 39.8 Å². The van der Waals surface area contributed by atoms with Crippen LogP contribution in [-0.2, 0) is 10.4 Å². The third-order valence-corrected chi connectivity index (χ3v) is 7.86. The zero-order valence-corrected chi connectivity index (χ0v) is 22.9. The summed E-state index contributed by atoms with van der Waals surface area (Å²) >= 11 is 6.04. The Kier molecular flexibility index (Phi) is 7.96. The number of aliphatic hydroxyl groups is 1. The Bertz CT molecular complexity index is 1320. The van der Waals surface area contributed by atoms with Gasteiger partial charge in [0, 0.05) is 34.7 Å². The molecule has 0 saturated carbocycles. The first-order valence-electron chi connectivity index (χ1n) is 12.9. The lowest BCUT2D eigenvalue weighted by atomic mass is 9.66. The quantitative estimate of drug-likeness (QED) is 0.403.